The highest BCUT2D eigenvalue weighted by atomic mass is 16.5. The molecule has 1 amide bonds. The number of H-pyrrole nitrogens is 1. The molecule has 2 aromatic carbocycles. The third-order valence-corrected chi connectivity index (χ3v) is 6.56. The number of aromatic amines is 1. The van der Waals surface area contributed by atoms with Gasteiger partial charge in [-0.2, -0.15) is 0 Å². The minimum absolute atomic E-state index is 0.0603. The van der Waals surface area contributed by atoms with Crippen LogP contribution in [-0.2, 0) is 22.6 Å². The molecule has 3 aromatic rings. The van der Waals surface area contributed by atoms with Crippen LogP contribution >= 0.6 is 0 Å². The van der Waals surface area contributed by atoms with Crippen LogP contribution in [0, 0.1) is 0 Å². The number of rotatable bonds is 7. The van der Waals surface area contributed by atoms with Gasteiger partial charge in [-0.3, -0.25) is 14.6 Å². The van der Waals surface area contributed by atoms with Crippen molar-refractivity contribution in [3.05, 3.63) is 83.4 Å². The number of nitrogens with zero attached hydrogens (tertiary/aromatic N) is 2. The van der Waals surface area contributed by atoms with Gasteiger partial charge in [0.2, 0.25) is 6.33 Å². The maximum absolute atomic E-state index is 13.2. The van der Waals surface area contributed by atoms with Crippen LogP contribution in [0.1, 0.15) is 36.1 Å². The van der Waals surface area contributed by atoms with Crippen LogP contribution in [0.3, 0.4) is 0 Å². The van der Waals surface area contributed by atoms with Gasteiger partial charge in [0.1, 0.15) is 35.8 Å². The predicted octanol–water partition coefficient (Wildman–Crippen LogP) is 3.15. The molecule has 0 spiro atoms. The molecule has 0 bridgehead atoms. The van der Waals surface area contributed by atoms with Crippen molar-refractivity contribution >= 4 is 17.4 Å². The maximum atomic E-state index is 13.2. The predicted molar refractivity (Wildman–Crippen MR) is 128 cm³/mol. The van der Waals surface area contributed by atoms with E-state index in [0.29, 0.717) is 30.8 Å². The van der Waals surface area contributed by atoms with Crippen molar-refractivity contribution in [3.63, 3.8) is 0 Å². The number of aromatic nitrogens is 2. The zero-order valence-electron chi connectivity index (χ0n) is 19.7. The van der Waals surface area contributed by atoms with Crippen LogP contribution in [-0.4, -0.2) is 46.4 Å². The number of benzene rings is 2. The normalized spacial score (nSPS) is 20.7. The first-order valence-corrected chi connectivity index (χ1v) is 11.7. The van der Waals surface area contributed by atoms with Gasteiger partial charge in [-0.25, -0.2) is 4.57 Å². The molecule has 1 aromatic heterocycles. The Morgan fingerprint density at radius 1 is 1.23 bits per heavy atom. The fraction of sp³-hybridized carbons (Fsp3) is 0.296. The summed E-state index contributed by atoms with van der Waals surface area (Å²) in [6.07, 6.45) is 7.01. The summed E-state index contributed by atoms with van der Waals surface area (Å²) in [5.74, 6) is -0.00733. The molecule has 8 nitrogen and oxygen atoms in total. The average molecular weight is 475 g/mol. The summed E-state index contributed by atoms with van der Waals surface area (Å²) < 4.78 is 13.0. The van der Waals surface area contributed by atoms with E-state index in [-0.39, 0.29) is 17.4 Å². The Labute approximate surface area is 203 Å². The Bertz CT molecular complexity index is 1280. The lowest BCUT2D eigenvalue weighted by atomic mass is 9.94. The highest BCUT2D eigenvalue weighted by Gasteiger charge is 2.46. The van der Waals surface area contributed by atoms with Crippen molar-refractivity contribution in [2.45, 2.75) is 38.5 Å². The third kappa shape index (κ3) is 4.27. The second-order valence-electron chi connectivity index (χ2n) is 8.92. The van der Waals surface area contributed by atoms with E-state index in [2.05, 4.69) is 4.98 Å². The first-order valence-electron chi connectivity index (χ1n) is 11.7. The molecule has 2 atom stereocenters. The number of likely N-dealkylation sites (tertiary alicyclic amines) is 1. The molecule has 2 aliphatic heterocycles. The molecule has 2 unspecified atom stereocenters. The maximum Gasteiger partial charge on any atom is 0.295 e. The number of fused-ring (bicyclic) bond motifs is 1. The van der Waals surface area contributed by atoms with E-state index in [1.54, 1.807) is 36.3 Å². The van der Waals surface area contributed by atoms with E-state index in [1.807, 2.05) is 48.4 Å². The van der Waals surface area contributed by atoms with Crippen LogP contribution in [0.25, 0.3) is 5.76 Å². The Morgan fingerprint density at radius 2 is 2.03 bits per heavy atom. The number of methoxy groups -OCH3 is 1. The van der Waals surface area contributed by atoms with E-state index in [1.165, 1.54) is 0 Å². The number of hydrogen-bond donors (Lipinski definition) is 2. The lowest BCUT2D eigenvalue weighted by Gasteiger charge is -2.25. The number of amides is 1. The van der Waals surface area contributed by atoms with E-state index >= 15 is 0 Å². The second-order valence-corrected chi connectivity index (χ2v) is 8.92. The number of ether oxygens (including phenoxy) is 2. The lowest BCUT2D eigenvalue weighted by Crippen LogP contribution is -2.36. The SMILES string of the molecule is COc1ccc(C2/C(=C(\O)c3ccc4c(c3)CC(C)O4)C(=O)C(=O)N2CCC[n+]2cc[nH]c2)cc1. The number of aliphatic hydroxyl groups is 1. The van der Waals surface area contributed by atoms with Gasteiger partial charge in [0.05, 0.1) is 25.3 Å². The van der Waals surface area contributed by atoms with E-state index in [0.717, 1.165) is 23.3 Å². The fourth-order valence-electron chi connectivity index (χ4n) is 4.85. The van der Waals surface area contributed by atoms with E-state index in [9.17, 15) is 14.7 Å². The van der Waals surface area contributed by atoms with Crippen LogP contribution < -0.4 is 14.0 Å². The number of aryl methyl sites for hydroxylation is 1. The lowest BCUT2D eigenvalue weighted by molar-refractivity contribution is -0.695. The highest BCUT2D eigenvalue weighted by molar-refractivity contribution is 6.46. The van der Waals surface area contributed by atoms with E-state index in [4.69, 9.17) is 9.47 Å². The number of imidazole rings is 1. The number of Topliss-reactive ketones (excluding diaryl/α,β-unsaturated/α-hetero) is 1. The van der Waals surface area contributed by atoms with Crippen LogP contribution in [0.15, 0.2) is 66.8 Å². The van der Waals surface area contributed by atoms with Gasteiger partial charge < -0.3 is 19.5 Å². The van der Waals surface area contributed by atoms with Gasteiger partial charge in [-0.1, -0.05) is 12.1 Å². The minimum atomic E-state index is -0.694. The number of ketones is 1. The number of hydrogen-bond acceptors (Lipinski definition) is 5. The van der Waals surface area contributed by atoms with Crippen molar-refractivity contribution in [2.24, 2.45) is 0 Å². The van der Waals surface area contributed by atoms with Gasteiger partial charge in [0.25, 0.3) is 11.7 Å². The van der Waals surface area contributed by atoms with Gasteiger partial charge in [0.15, 0.2) is 0 Å². The standard InChI is InChI=1S/C27H27N3O5/c1-17-14-20-15-19(6-9-22(20)35-17)25(31)23-24(18-4-7-21(34-2)8-5-18)30(27(33)26(23)32)12-3-11-29-13-10-28-16-29/h4-10,13,15-17,24H,3,11-12,14H2,1-2H3,(H,31,32)/p+1. The molecule has 8 heteroatoms. The molecule has 1 saturated heterocycles. The van der Waals surface area contributed by atoms with Crippen molar-refractivity contribution in [3.8, 4) is 11.5 Å². The average Bonchev–Trinajstić information content (AvgIpc) is 3.57. The van der Waals surface area contributed by atoms with Gasteiger partial charge in [-0.05, 0) is 48.4 Å². The molecule has 0 saturated carbocycles. The molecule has 180 valence electrons. The zero-order valence-corrected chi connectivity index (χ0v) is 19.7. The summed E-state index contributed by atoms with van der Waals surface area (Å²) in [5.41, 5.74) is 2.31. The van der Waals surface area contributed by atoms with Crippen molar-refractivity contribution in [2.75, 3.05) is 13.7 Å². The minimum Gasteiger partial charge on any atom is -0.507 e. The number of carbonyl (C=O) groups is 2. The third-order valence-electron chi connectivity index (χ3n) is 6.56. The first kappa shape index (κ1) is 22.7. The molecule has 0 aliphatic carbocycles. The fourth-order valence-corrected chi connectivity index (χ4v) is 4.85. The molecular weight excluding hydrogens is 446 g/mol. The number of aliphatic hydroxyl groups excluding tert-OH is 1. The quantitative estimate of drug-likeness (QED) is 0.237. The van der Waals surface area contributed by atoms with Crippen molar-refractivity contribution < 1.29 is 28.7 Å². The van der Waals surface area contributed by atoms with E-state index < -0.39 is 17.7 Å². The summed E-state index contributed by atoms with van der Waals surface area (Å²) >= 11 is 0. The van der Waals surface area contributed by atoms with Crippen molar-refractivity contribution in [1.29, 1.82) is 0 Å². The monoisotopic (exact) mass is 474 g/mol. The van der Waals surface area contributed by atoms with Gasteiger partial charge >= 0.3 is 0 Å². The van der Waals surface area contributed by atoms with Crippen LogP contribution in [0.5, 0.6) is 11.5 Å². The Hall–Kier alpha value is -4.07. The summed E-state index contributed by atoms with van der Waals surface area (Å²) in [6, 6.07) is 11.9. The molecule has 0 radical (unpaired) electrons. The molecule has 3 heterocycles. The summed E-state index contributed by atoms with van der Waals surface area (Å²) in [4.78, 5) is 31.0. The Kier molecular flexibility index (Phi) is 6.03. The summed E-state index contributed by atoms with van der Waals surface area (Å²) in [6.45, 7) is 3.04. The molecule has 2 aliphatic rings. The molecule has 35 heavy (non-hydrogen) atoms. The van der Waals surface area contributed by atoms with Crippen molar-refractivity contribution in [1.82, 2.24) is 9.88 Å². The topological polar surface area (TPSA) is 95.7 Å². The van der Waals surface area contributed by atoms with Gasteiger partial charge in [-0.15, -0.1) is 0 Å². The highest BCUT2D eigenvalue weighted by Crippen LogP contribution is 2.41. The summed E-state index contributed by atoms with van der Waals surface area (Å²) in [5, 5.41) is 11.3. The van der Waals surface area contributed by atoms with Crippen LogP contribution in [0.4, 0.5) is 0 Å². The number of carbonyl (C=O) groups excluding carboxylic acids is 2. The Balaban J connectivity index is 1.53. The number of nitrogens with one attached hydrogen (secondary N) is 1. The molecule has 2 N–H and O–H groups in total. The smallest absolute Gasteiger partial charge is 0.295 e. The Morgan fingerprint density at radius 3 is 2.74 bits per heavy atom. The van der Waals surface area contributed by atoms with Crippen LogP contribution in [0.2, 0.25) is 0 Å². The second kappa shape index (κ2) is 9.29. The largest absolute Gasteiger partial charge is 0.507 e. The molecular formula is C27H28N3O5+. The zero-order chi connectivity index (χ0) is 24.5. The molecule has 5 rings (SSSR count). The summed E-state index contributed by atoms with van der Waals surface area (Å²) in [7, 11) is 1.58. The first-order chi connectivity index (χ1) is 17.0. The van der Waals surface area contributed by atoms with Gasteiger partial charge in [0, 0.05) is 24.9 Å². The molecule has 1 fully saturated rings.